The number of benzene rings is 2. The van der Waals surface area contributed by atoms with E-state index in [1.165, 1.54) is 12.1 Å². The zero-order valence-corrected chi connectivity index (χ0v) is 14.7. The van der Waals surface area contributed by atoms with Gasteiger partial charge < -0.3 is 15.0 Å². The molecular formula is C20H21F3N2O2. The summed E-state index contributed by atoms with van der Waals surface area (Å²) in [5.41, 5.74) is 0.512. The Labute approximate surface area is 155 Å². The SMILES string of the molecule is O=C(NCCc1ccccc1C(F)(F)F)N1CCO[C@H](c2ccccc2)C1. The Morgan fingerprint density at radius 1 is 1.11 bits per heavy atom. The van der Waals surface area contributed by atoms with Crippen molar-refractivity contribution in [2.45, 2.75) is 18.7 Å². The van der Waals surface area contributed by atoms with Crippen LogP contribution in [0.2, 0.25) is 0 Å². The van der Waals surface area contributed by atoms with Crippen LogP contribution >= 0.6 is 0 Å². The molecule has 1 aliphatic heterocycles. The monoisotopic (exact) mass is 378 g/mol. The summed E-state index contributed by atoms with van der Waals surface area (Å²) in [5.74, 6) is 0. The summed E-state index contributed by atoms with van der Waals surface area (Å²) in [6, 6.07) is 14.8. The first-order valence-electron chi connectivity index (χ1n) is 8.79. The Morgan fingerprint density at radius 2 is 1.81 bits per heavy atom. The van der Waals surface area contributed by atoms with E-state index in [-0.39, 0.29) is 30.7 Å². The molecule has 1 saturated heterocycles. The molecule has 0 spiro atoms. The molecule has 0 bridgehead atoms. The van der Waals surface area contributed by atoms with Crippen LogP contribution in [0.25, 0.3) is 0 Å². The average Bonchev–Trinajstić information content (AvgIpc) is 2.68. The molecule has 7 heteroatoms. The summed E-state index contributed by atoms with van der Waals surface area (Å²) in [6.07, 6.45) is -4.47. The van der Waals surface area contributed by atoms with Gasteiger partial charge >= 0.3 is 12.2 Å². The Hall–Kier alpha value is -2.54. The van der Waals surface area contributed by atoms with Crippen molar-refractivity contribution in [1.82, 2.24) is 10.2 Å². The zero-order chi connectivity index (χ0) is 19.3. The number of hydrogen-bond donors (Lipinski definition) is 1. The van der Waals surface area contributed by atoms with Gasteiger partial charge in [-0.2, -0.15) is 13.2 Å². The van der Waals surface area contributed by atoms with Gasteiger partial charge in [0.2, 0.25) is 0 Å². The Balaban J connectivity index is 1.54. The molecule has 1 N–H and O–H groups in total. The number of urea groups is 1. The maximum Gasteiger partial charge on any atom is 0.416 e. The van der Waals surface area contributed by atoms with Crippen molar-refractivity contribution in [2.24, 2.45) is 0 Å². The number of nitrogens with zero attached hydrogens (tertiary/aromatic N) is 1. The Bertz CT molecular complexity index is 765. The molecule has 1 fully saturated rings. The Kier molecular flexibility index (Phi) is 6.01. The fraction of sp³-hybridized carbons (Fsp3) is 0.350. The third-order valence-electron chi connectivity index (χ3n) is 4.52. The highest BCUT2D eigenvalue weighted by Gasteiger charge is 2.32. The number of carbonyl (C=O) groups is 1. The van der Waals surface area contributed by atoms with E-state index in [2.05, 4.69) is 5.32 Å². The predicted octanol–water partition coefficient (Wildman–Crippen LogP) is 4.03. The third-order valence-corrected chi connectivity index (χ3v) is 4.52. The van der Waals surface area contributed by atoms with Gasteiger partial charge in [0, 0.05) is 13.1 Å². The standard InChI is InChI=1S/C20H21F3N2O2/c21-20(22,23)17-9-5-4-6-15(17)10-11-24-19(26)25-12-13-27-18(14-25)16-7-2-1-3-8-16/h1-9,18H,10-14H2,(H,24,26)/t18-/m0/s1. The second-order valence-corrected chi connectivity index (χ2v) is 6.35. The normalized spacial score (nSPS) is 17.6. The number of nitrogens with one attached hydrogen (secondary N) is 1. The molecule has 4 nitrogen and oxygen atoms in total. The predicted molar refractivity (Wildman–Crippen MR) is 95.3 cm³/mol. The largest absolute Gasteiger partial charge is 0.416 e. The van der Waals surface area contributed by atoms with Crippen LogP contribution in [0, 0.1) is 0 Å². The van der Waals surface area contributed by atoms with E-state index in [9.17, 15) is 18.0 Å². The molecule has 0 radical (unpaired) electrons. The van der Waals surface area contributed by atoms with E-state index in [4.69, 9.17) is 4.74 Å². The summed E-state index contributed by atoms with van der Waals surface area (Å²) >= 11 is 0. The highest BCUT2D eigenvalue weighted by Crippen LogP contribution is 2.31. The average molecular weight is 378 g/mol. The maximum absolute atomic E-state index is 13.0. The number of halogens is 3. The van der Waals surface area contributed by atoms with Crippen LogP contribution in [0.3, 0.4) is 0 Å². The first-order chi connectivity index (χ1) is 12.9. The van der Waals surface area contributed by atoms with E-state index < -0.39 is 11.7 Å². The minimum atomic E-state index is -4.40. The molecule has 0 saturated carbocycles. The van der Waals surface area contributed by atoms with Crippen LogP contribution in [0.5, 0.6) is 0 Å². The Morgan fingerprint density at radius 3 is 2.56 bits per heavy atom. The fourth-order valence-electron chi connectivity index (χ4n) is 3.13. The van der Waals surface area contributed by atoms with E-state index in [0.717, 1.165) is 11.6 Å². The second kappa shape index (κ2) is 8.43. The molecule has 1 heterocycles. The summed E-state index contributed by atoms with van der Waals surface area (Å²) in [6.45, 7) is 1.42. The smallest absolute Gasteiger partial charge is 0.370 e. The van der Waals surface area contributed by atoms with Crippen LogP contribution in [0.15, 0.2) is 54.6 Å². The topological polar surface area (TPSA) is 41.6 Å². The summed E-state index contributed by atoms with van der Waals surface area (Å²) in [4.78, 5) is 14.0. The molecule has 0 aromatic heterocycles. The summed E-state index contributed by atoms with van der Waals surface area (Å²) < 4.78 is 44.8. The number of rotatable bonds is 4. The molecule has 0 unspecified atom stereocenters. The minimum Gasteiger partial charge on any atom is -0.370 e. The molecule has 3 rings (SSSR count). The van der Waals surface area contributed by atoms with Crippen molar-refractivity contribution >= 4 is 6.03 Å². The molecule has 0 aliphatic carbocycles. The molecule has 144 valence electrons. The molecule has 2 amide bonds. The van der Waals surface area contributed by atoms with Crippen LogP contribution in [-0.2, 0) is 17.3 Å². The molecule has 27 heavy (non-hydrogen) atoms. The second-order valence-electron chi connectivity index (χ2n) is 6.35. The van der Waals surface area contributed by atoms with Crippen molar-refractivity contribution in [3.8, 4) is 0 Å². The highest BCUT2D eigenvalue weighted by molar-refractivity contribution is 5.74. The van der Waals surface area contributed by atoms with Crippen molar-refractivity contribution in [2.75, 3.05) is 26.2 Å². The van der Waals surface area contributed by atoms with Crippen molar-refractivity contribution in [3.63, 3.8) is 0 Å². The third kappa shape index (κ3) is 5.01. The lowest BCUT2D eigenvalue weighted by molar-refractivity contribution is -0.138. The number of amides is 2. The van der Waals surface area contributed by atoms with Crippen molar-refractivity contribution in [3.05, 3.63) is 71.3 Å². The zero-order valence-electron chi connectivity index (χ0n) is 14.7. The minimum absolute atomic E-state index is 0.119. The number of carbonyl (C=O) groups excluding carboxylic acids is 1. The summed E-state index contributed by atoms with van der Waals surface area (Å²) in [7, 11) is 0. The van der Waals surface area contributed by atoms with Gasteiger partial charge in [0.05, 0.1) is 18.7 Å². The first kappa shape index (κ1) is 19.2. The highest BCUT2D eigenvalue weighted by atomic mass is 19.4. The van der Waals surface area contributed by atoms with E-state index in [1.54, 1.807) is 11.0 Å². The van der Waals surface area contributed by atoms with Gasteiger partial charge in [-0.3, -0.25) is 0 Å². The van der Waals surface area contributed by atoms with Gasteiger partial charge in [0.25, 0.3) is 0 Å². The van der Waals surface area contributed by atoms with Crippen LogP contribution < -0.4 is 5.32 Å². The molecule has 2 aromatic carbocycles. The van der Waals surface area contributed by atoms with Crippen LogP contribution in [-0.4, -0.2) is 37.2 Å². The maximum atomic E-state index is 13.0. The molecule has 2 aromatic rings. The lowest BCUT2D eigenvalue weighted by Crippen LogP contribution is -2.47. The van der Waals surface area contributed by atoms with Crippen molar-refractivity contribution < 1.29 is 22.7 Å². The number of morpholine rings is 1. The lowest BCUT2D eigenvalue weighted by atomic mass is 10.0. The van der Waals surface area contributed by atoms with Gasteiger partial charge in [-0.25, -0.2) is 4.79 Å². The first-order valence-corrected chi connectivity index (χ1v) is 8.79. The molecule has 1 aliphatic rings. The van der Waals surface area contributed by atoms with Gasteiger partial charge in [-0.05, 0) is 23.6 Å². The molecular weight excluding hydrogens is 357 g/mol. The summed E-state index contributed by atoms with van der Waals surface area (Å²) in [5, 5.41) is 2.72. The van der Waals surface area contributed by atoms with Crippen LogP contribution in [0.4, 0.5) is 18.0 Å². The quantitative estimate of drug-likeness (QED) is 0.873. The lowest BCUT2D eigenvalue weighted by Gasteiger charge is -2.33. The van der Waals surface area contributed by atoms with Gasteiger partial charge in [0.15, 0.2) is 0 Å². The van der Waals surface area contributed by atoms with E-state index in [0.29, 0.717) is 19.7 Å². The van der Waals surface area contributed by atoms with Gasteiger partial charge in [-0.1, -0.05) is 48.5 Å². The van der Waals surface area contributed by atoms with E-state index >= 15 is 0 Å². The van der Waals surface area contributed by atoms with Crippen molar-refractivity contribution in [1.29, 1.82) is 0 Å². The number of ether oxygens (including phenoxy) is 1. The van der Waals surface area contributed by atoms with E-state index in [1.807, 2.05) is 30.3 Å². The van der Waals surface area contributed by atoms with Gasteiger partial charge in [0.1, 0.15) is 6.10 Å². The van der Waals surface area contributed by atoms with Gasteiger partial charge in [-0.15, -0.1) is 0 Å². The number of hydrogen-bond acceptors (Lipinski definition) is 2. The molecule has 1 atom stereocenters. The number of alkyl halides is 3. The van der Waals surface area contributed by atoms with Crippen LogP contribution in [0.1, 0.15) is 22.8 Å². The fourth-order valence-corrected chi connectivity index (χ4v) is 3.13.